The molecule has 4 amide bonds. The number of carbonyl (C=O) groups is 3. The summed E-state index contributed by atoms with van der Waals surface area (Å²) in [5.41, 5.74) is -0.295. The third-order valence-electron chi connectivity index (χ3n) is 7.80. The van der Waals surface area contributed by atoms with Crippen molar-refractivity contribution in [2.75, 3.05) is 32.8 Å². The molecule has 3 fully saturated rings. The topological polar surface area (TPSA) is 73.0 Å². The summed E-state index contributed by atoms with van der Waals surface area (Å²) in [6.45, 7) is 5.24. The zero-order chi connectivity index (χ0) is 23.7. The third-order valence-corrected chi connectivity index (χ3v) is 7.80. The first-order valence-electron chi connectivity index (χ1n) is 12.6. The summed E-state index contributed by atoms with van der Waals surface area (Å²) in [6, 6.07) is 13.5. The number of urea groups is 1. The number of imide groups is 1. The van der Waals surface area contributed by atoms with Crippen molar-refractivity contribution in [1.82, 2.24) is 20.0 Å². The van der Waals surface area contributed by atoms with Crippen molar-refractivity contribution in [1.29, 1.82) is 0 Å². The quantitative estimate of drug-likeness (QED) is 0.704. The highest BCUT2D eigenvalue weighted by Crippen LogP contribution is 2.31. The lowest BCUT2D eigenvalue weighted by Crippen LogP contribution is -2.48. The van der Waals surface area contributed by atoms with Gasteiger partial charge in [0.2, 0.25) is 5.91 Å². The van der Waals surface area contributed by atoms with Gasteiger partial charge in [0.25, 0.3) is 5.91 Å². The smallest absolute Gasteiger partial charge is 0.326 e. The van der Waals surface area contributed by atoms with Gasteiger partial charge in [-0.1, -0.05) is 49.2 Å². The van der Waals surface area contributed by atoms with Gasteiger partial charge < -0.3 is 10.2 Å². The highest BCUT2D eigenvalue weighted by Gasteiger charge is 2.49. The lowest BCUT2D eigenvalue weighted by Gasteiger charge is -2.35. The minimum Gasteiger partial charge on any atom is -0.342 e. The van der Waals surface area contributed by atoms with Crippen LogP contribution in [0.25, 0.3) is 10.8 Å². The molecule has 34 heavy (non-hydrogen) atoms. The normalized spacial score (nSPS) is 25.0. The van der Waals surface area contributed by atoms with Gasteiger partial charge in [-0.05, 0) is 55.0 Å². The third kappa shape index (κ3) is 4.29. The van der Waals surface area contributed by atoms with E-state index < -0.39 is 5.54 Å². The lowest BCUT2D eigenvalue weighted by atomic mass is 9.90. The van der Waals surface area contributed by atoms with Gasteiger partial charge in [-0.15, -0.1) is 0 Å². The van der Waals surface area contributed by atoms with Crippen LogP contribution in [-0.2, 0) is 15.1 Å². The van der Waals surface area contributed by atoms with Gasteiger partial charge in [-0.3, -0.25) is 14.5 Å². The monoisotopic (exact) mass is 462 g/mol. The second-order valence-electron chi connectivity index (χ2n) is 10.1. The van der Waals surface area contributed by atoms with E-state index in [4.69, 9.17) is 0 Å². The Labute approximate surface area is 201 Å². The first-order valence-corrected chi connectivity index (χ1v) is 12.6. The van der Waals surface area contributed by atoms with Gasteiger partial charge in [0.1, 0.15) is 5.54 Å². The molecule has 1 atom stereocenters. The second-order valence-corrected chi connectivity index (χ2v) is 10.1. The molecule has 0 saturated carbocycles. The maximum absolute atomic E-state index is 13.4. The average Bonchev–Trinajstić information content (AvgIpc) is 3.05. The standard InChI is InChI=1S/C27H34N4O3/c1-27(23-11-10-20-8-4-5-9-22(20)18-23)25(33)31(26(34)28-27)19-29-16-12-21(13-17-29)24(32)30-14-6-2-3-7-15-30/h4-5,8-11,18,21H,2-3,6-7,12-17,19H2,1H3,(H,28,34)/t27-/m0/s1. The number of hydrogen-bond donors (Lipinski definition) is 1. The predicted molar refractivity (Wildman–Crippen MR) is 131 cm³/mol. The van der Waals surface area contributed by atoms with Gasteiger partial charge in [0, 0.05) is 32.1 Å². The van der Waals surface area contributed by atoms with Crippen LogP contribution >= 0.6 is 0 Å². The number of amides is 4. The highest BCUT2D eigenvalue weighted by atomic mass is 16.2. The number of benzene rings is 2. The Morgan fingerprint density at radius 1 is 0.941 bits per heavy atom. The van der Waals surface area contributed by atoms with Gasteiger partial charge in [-0.2, -0.15) is 0 Å². The number of piperidine rings is 1. The molecule has 0 aromatic heterocycles. The average molecular weight is 463 g/mol. The van der Waals surface area contributed by atoms with E-state index in [1.807, 2.05) is 42.5 Å². The molecule has 180 valence electrons. The molecule has 3 aliphatic rings. The summed E-state index contributed by atoms with van der Waals surface area (Å²) in [5.74, 6) is 0.122. The maximum atomic E-state index is 13.4. The van der Waals surface area contributed by atoms with Crippen LogP contribution in [0.3, 0.4) is 0 Å². The summed E-state index contributed by atoms with van der Waals surface area (Å²) in [7, 11) is 0. The van der Waals surface area contributed by atoms with Gasteiger partial charge in [-0.25, -0.2) is 9.69 Å². The van der Waals surface area contributed by atoms with Crippen molar-refractivity contribution in [3.63, 3.8) is 0 Å². The Morgan fingerprint density at radius 2 is 1.62 bits per heavy atom. The van der Waals surface area contributed by atoms with Gasteiger partial charge in [0.15, 0.2) is 0 Å². The molecule has 3 heterocycles. The van der Waals surface area contributed by atoms with Crippen molar-refractivity contribution in [3.8, 4) is 0 Å². The van der Waals surface area contributed by atoms with Crippen LogP contribution in [0.15, 0.2) is 42.5 Å². The molecular formula is C27H34N4O3. The first-order chi connectivity index (χ1) is 16.5. The molecular weight excluding hydrogens is 428 g/mol. The molecule has 2 aromatic carbocycles. The Kier molecular flexibility index (Phi) is 6.30. The van der Waals surface area contributed by atoms with E-state index >= 15 is 0 Å². The van der Waals surface area contributed by atoms with Crippen molar-refractivity contribution in [2.45, 2.75) is 51.0 Å². The van der Waals surface area contributed by atoms with E-state index in [-0.39, 0.29) is 24.5 Å². The van der Waals surface area contributed by atoms with E-state index in [0.29, 0.717) is 19.0 Å². The predicted octanol–water partition coefficient (Wildman–Crippen LogP) is 3.68. The van der Waals surface area contributed by atoms with Crippen LogP contribution < -0.4 is 5.32 Å². The number of rotatable bonds is 4. The van der Waals surface area contributed by atoms with Crippen LogP contribution in [0.2, 0.25) is 0 Å². The number of nitrogens with zero attached hydrogens (tertiary/aromatic N) is 3. The molecule has 0 bridgehead atoms. The molecule has 2 aromatic rings. The highest BCUT2D eigenvalue weighted by molar-refractivity contribution is 6.07. The zero-order valence-corrected chi connectivity index (χ0v) is 20.0. The summed E-state index contributed by atoms with van der Waals surface area (Å²) in [6.07, 6.45) is 6.19. The van der Waals surface area contributed by atoms with Crippen LogP contribution in [0.5, 0.6) is 0 Å². The summed E-state index contributed by atoms with van der Waals surface area (Å²) < 4.78 is 0. The number of hydrogen-bond acceptors (Lipinski definition) is 4. The van der Waals surface area contributed by atoms with Gasteiger partial charge in [0.05, 0.1) is 6.67 Å². The van der Waals surface area contributed by atoms with E-state index in [0.717, 1.165) is 55.1 Å². The minimum absolute atomic E-state index is 0.0559. The molecule has 3 saturated heterocycles. The second kappa shape index (κ2) is 9.37. The molecule has 0 radical (unpaired) electrons. The van der Waals surface area contributed by atoms with E-state index in [9.17, 15) is 14.4 Å². The van der Waals surface area contributed by atoms with Crippen LogP contribution in [0.4, 0.5) is 4.79 Å². The van der Waals surface area contributed by atoms with E-state index in [1.165, 1.54) is 17.7 Å². The van der Waals surface area contributed by atoms with Crippen molar-refractivity contribution >= 4 is 28.6 Å². The number of likely N-dealkylation sites (tertiary alicyclic amines) is 2. The van der Waals surface area contributed by atoms with Crippen molar-refractivity contribution in [2.24, 2.45) is 5.92 Å². The fourth-order valence-electron chi connectivity index (χ4n) is 5.59. The fourth-order valence-corrected chi connectivity index (χ4v) is 5.59. The summed E-state index contributed by atoms with van der Waals surface area (Å²) >= 11 is 0. The van der Waals surface area contributed by atoms with Crippen LogP contribution in [-0.4, -0.2) is 65.4 Å². The molecule has 5 rings (SSSR count). The molecule has 7 nitrogen and oxygen atoms in total. The number of carbonyl (C=O) groups excluding carboxylic acids is 3. The largest absolute Gasteiger partial charge is 0.342 e. The summed E-state index contributed by atoms with van der Waals surface area (Å²) in [4.78, 5) is 44.7. The molecule has 1 N–H and O–H groups in total. The Hall–Kier alpha value is -2.93. The lowest BCUT2D eigenvalue weighted by molar-refractivity contribution is -0.138. The molecule has 0 spiro atoms. The Bertz CT molecular complexity index is 1090. The first kappa shape index (κ1) is 22.8. The van der Waals surface area contributed by atoms with Crippen molar-refractivity contribution in [3.05, 3.63) is 48.0 Å². The molecule has 3 aliphatic heterocycles. The summed E-state index contributed by atoms with van der Waals surface area (Å²) in [5, 5.41) is 5.06. The SMILES string of the molecule is C[C@@]1(c2ccc3ccccc3c2)NC(=O)N(CN2CCC(C(=O)N3CCCCCC3)CC2)C1=O. The Balaban J connectivity index is 1.22. The van der Waals surface area contributed by atoms with E-state index in [2.05, 4.69) is 15.1 Å². The van der Waals surface area contributed by atoms with Crippen molar-refractivity contribution < 1.29 is 14.4 Å². The maximum Gasteiger partial charge on any atom is 0.326 e. The van der Waals surface area contributed by atoms with Crippen LogP contribution in [0, 0.1) is 5.92 Å². The van der Waals surface area contributed by atoms with Gasteiger partial charge >= 0.3 is 6.03 Å². The zero-order valence-electron chi connectivity index (χ0n) is 20.0. The molecule has 0 aliphatic carbocycles. The Morgan fingerprint density at radius 3 is 2.32 bits per heavy atom. The molecule has 0 unspecified atom stereocenters. The van der Waals surface area contributed by atoms with Crippen LogP contribution in [0.1, 0.15) is 51.0 Å². The number of fused-ring (bicyclic) bond motifs is 1. The van der Waals surface area contributed by atoms with E-state index in [1.54, 1.807) is 6.92 Å². The number of nitrogens with one attached hydrogen (secondary N) is 1. The molecule has 7 heteroatoms. The fraction of sp³-hybridized carbons (Fsp3) is 0.519. The minimum atomic E-state index is -1.08.